The molecule has 0 aliphatic heterocycles. The Balaban J connectivity index is 1.55. The third kappa shape index (κ3) is 4.93. The van der Waals surface area contributed by atoms with Gasteiger partial charge in [0.25, 0.3) is 0 Å². The van der Waals surface area contributed by atoms with Crippen LogP contribution in [-0.2, 0) is 4.79 Å². The third-order valence-corrected chi connectivity index (χ3v) is 5.39. The number of thiophene rings is 1. The summed E-state index contributed by atoms with van der Waals surface area (Å²) in [6.07, 6.45) is 1.93. The van der Waals surface area contributed by atoms with E-state index >= 15 is 0 Å². The first-order valence-corrected chi connectivity index (χ1v) is 10.1. The molecular formula is C18H20N4OS2. The number of carbonyl (C=O) groups excluding carboxylic acids is 1. The lowest BCUT2D eigenvalue weighted by Crippen LogP contribution is -2.29. The van der Waals surface area contributed by atoms with Crippen LogP contribution >= 0.6 is 23.1 Å². The van der Waals surface area contributed by atoms with Gasteiger partial charge in [0, 0.05) is 0 Å². The standard InChI is InChI=1S/C18H20N4OS2/c1-2-7-14(13-8-4-3-5-9-13)19-16(23)12-25-18-20-17(21-22-18)15-10-6-11-24-15/h3-6,8-11,14H,2,7,12H2,1H3,(H,19,23)(H,20,21,22)/t14-/m0/s1. The van der Waals surface area contributed by atoms with Crippen LogP contribution in [-0.4, -0.2) is 26.8 Å². The molecule has 130 valence electrons. The molecule has 0 saturated heterocycles. The van der Waals surface area contributed by atoms with E-state index in [1.165, 1.54) is 11.8 Å². The van der Waals surface area contributed by atoms with Gasteiger partial charge >= 0.3 is 0 Å². The molecule has 3 rings (SSSR count). The summed E-state index contributed by atoms with van der Waals surface area (Å²) in [5.41, 5.74) is 1.14. The van der Waals surface area contributed by atoms with E-state index in [0.717, 1.165) is 29.1 Å². The van der Waals surface area contributed by atoms with Crippen molar-refractivity contribution >= 4 is 29.0 Å². The predicted molar refractivity (Wildman–Crippen MR) is 103 cm³/mol. The quantitative estimate of drug-likeness (QED) is 0.579. The number of benzene rings is 1. The van der Waals surface area contributed by atoms with Crippen LogP contribution in [0, 0.1) is 0 Å². The van der Waals surface area contributed by atoms with Crippen molar-refractivity contribution in [2.24, 2.45) is 0 Å². The second-order valence-electron chi connectivity index (χ2n) is 5.55. The van der Waals surface area contributed by atoms with Crippen molar-refractivity contribution in [3.63, 3.8) is 0 Å². The molecular weight excluding hydrogens is 352 g/mol. The van der Waals surface area contributed by atoms with E-state index in [1.54, 1.807) is 11.3 Å². The number of nitrogens with zero attached hydrogens (tertiary/aromatic N) is 2. The number of hydrogen-bond donors (Lipinski definition) is 2. The van der Waals surface area contributed by atoms with E-state index in [9.17, 15) is 4.79 Å². The highest BCUT2D eigenvalue weighted by atomic mass is 32.2. The van der Waals surface area contributed by atoms with Crippen molar-refractivity contribution in [2.45, 2.75) is 31.0 Å². The number of aromatic nitrogens is 3. The van der Waals surface area contributed by atoms with Gasteiger partial charge in [0.2, 0.25) is 11.1 Å². The van der Waals surface area contributed by atoms with Crippen molar-refractivity contribution in [2.75, 3.05) is 5.75 Å². The maximum absolute atomic E-state index is 12.3. The van der Waals surface area contributed by atoms with Crippen molar-refractivity contribution in [1.82, 2.24) is 20.5 Å². The maximum atomic E-state index is 12.3. The smallest absolute Gasteiger partial charge is 0.230 e. The molecule has 1 aromatic carbocycles. The second-order valence-corrected chi connectivity index (χ2v) is 7.44. The number of hydrogen-bond acceptors (Lipinski definition) is 5. The van der Waals surface area contributed by atoms with Crippen LogP contribution in [0.4, 0.5) is 0 Å². The summed E-state index contributed by atoms with van der Waals surface area (Å²) in [5.74, 6) is 1.04. The van der Waals surface area contributed by atoms with Gasteiger partial charge in [-0.1, -0.05) is 61.5 Å². The van der Waals surface area contributed by atoms with Crippen molar-refractivity contribution < 1.29 is 4.79 Å². The first-order valence-electron chi connectivity index (χ1n) is 8.19. The molecule has 1 amide bonds. The summed E-state index contributed by atoms with van der Waals surface area (Å²) < 4.78 is 0. The summed E-state index contributed by atoms with van der Waals surface area (Å²) in [5, 5.41) is 12.8. The van der Waals surface area contributed by atoms with Gasteiger partial charge in [-0.15, -0.1) is 16.4 Å². The highest BCUT2D eigenvalue weighted by molar-refractivity contribution is 7.99. The van der Waals surface area contributed by atoms with E-state index in [-0.39, 0.29) is 11.9 Å². The zero-order valence-corrected chi connectivity index (χ0v) is 15.6. The van der Waals surface area contributed by atoms with E-state index in [0.29, 0.717) is 10.9 Å². The molecule has 2 N–H and O–H groups in total. The molecule has 25 heavy (non-hydrogen) atoms. The highest BCUT2D eigenvalue weighted by Crippen LogP contribution is 2.23. The van der Waals surface area contributed by atoms with Gasteiger partial charge in [0.1, 0.15) is 0 Å². The van der Waals surface area contributed by atoms with Crippen LogP contribution in [0.15, 0.2) is 53.0 Å². The predicted octanol–water partition coefficient (Wildman–Crippen LogP) is 4.28. The second kappa shape index (κ2) is 8.82. The molecule has 1 atom stereocenters. The molecule has 0 aliphatic rings. The first kappa shape index (κ1) is 17.7. The Morgan fingerprint density at radius 1 is 1.28 bits per heavy atom. The van der Waals surface area contributed by atoms with Crippen LogP contribution in [0.25, 0.3) is 10.7 Å². The number of H-pyrrole nitrogens is 1. The molecule has 0 radical (unpaired) electrons. The zero-order valence-electron chi connectivity index (χ0n) is 13.9. The fourth-order valence-corrected chi connectivity index (χ4v) is 3.77. The normalized spacial score (nSPS) is 12.0. The first-order chi connectivity index (χ1) is 12.3. The van der Waals surface area contributed by atoms with Gasteiger partial charge in [0.05, 0.1) is 16.7 Å². The number of aromatic amines is 1. The molecule has 0 aliphatic carbocycles. The van der Waals surface area contributed by atoms with Crippen LogP contribution in [0.1, 0.15) is 31.4 Å². The fraction of sp³-hybridized carbons (Fsp3) is 0.278. The summed E-state index contributed by atoms with van der Waals surface area (Å²) in [6, 6.07) is 14.1. The van der Waals surface area contributed by atoms with Gasteiger partial charge in [-0.3, -0.25) is 9.89 Å². The molecule has 3 aromatic rings. The number of thioether (sulfide) groups is 1. The molecule has 2 heterocycles. The van der Waals surface area contributed by atoms with Gasteiger partial charge in [-0.05, 0) is 23.4 Å². The van der Waals surface area contributed by atoms with E-state index in [1.807, 2.05) is 35.7 Å². The van der Waals surface area contributed by atoms with Crippen molar-refractivity contribution in [3.05, 3.63) is 53.4 Å². The minimum absolute atomic E-state index is 0.00484. The molecule has 0 fully saturated rings. The van der Waals surface area contributed by atoms with E-state index < -0.39 is 0 Å². The minimum Gasteiger partial charge on any atom is -0.349 e. The van der Waals surface area contributed by atoms with E-state index in [4.69, 9.17) is 0 Å². The van der Waals surface area contributed by atoms with Gasteiger partial charge < -0.3 is 5.32 Å². The van der Waals surface area contributed by atoms with Crippen molar-refractivity contribution in [1.29, 1.82) is 0 Å². The lowest BCUT2D eigenvalue weighted by molar-refractivity contribution is -0.119. The molecule has 0 unspecified atom stereocenters. The summed E-state index contributed by atoms with van der Waals surface area (Å²) in [4.78, 5) is 17.8. The van der Waals surface area contributed by atoms with Crippen LogP contribution in [0.5, 0.6) is 0 Å². The van der Waals surface area contributed by atoms with Gasteiger partial charge in [-0.2, -0.15) is 0 Å². The fourth-order valence-electron chi connectivity index (χ4n) is 2.50. The van der Waals surface area contributed by atoms with E-state index in [2.05, 4.69) is 39.6 Å². The SMILES string of the molecule is CCC[C@H](NC(=O)CSc1n[nH]c(-c2cccs2)n1)c1ccccc1. The summed E-state index contributed by atoms with van der Waals surface area (Å²) >= 11 is 2.94. The summed E-state index contributed by atoms with van der Waals surface area (Å²) in [7, 11) is 0. The Morgan fingerprint density at radius 3 is 2.84 bits per heavy atom. The molecule has 0 bridgehead atoms. The minimum atomic E-state index is -0.00484. The molecule has 0 spiro atoms. The number of amides is 1. The lowest BCUT2D eigenvalue weighted by atomic mass is 10.0. The average Bonchev–Trinajstić information content (AvgIpc) is 3.32. The Hall–Kier alpha value is -2.12. The van der Waals surface area contributed by atoms with Gasteiger partial charge in [0.15, 0.2) is 5.82 Å². The molecule has 7 heteroatoms. The summed E-state index contributed by atoms with van der Waals surface area (Å²) in [6.45, 7) is 2.12. The largest absolute Gasteiger partial charge is 0.349 e. The molecule has 2 aromatic heterocycles. The van der Waals surface area contributed by atoms with Crippen LogP contribution < -0.4 is 5.32 Å². The van der Waals surface area contributed by atoms with Gasteiger partial charge in [-0.25, -0.2) is 4.98 Å². The lowest BCUT2D eigenvalue weighted by Gasteiger charge is -2.18. The highest BCUT2D eigenvalue weighted by Gasteiger charge is 2.15. The Kier molecular flexibility index (Phi) is 6.25. The van der Waals surface area contributed by atoms with Crippen LogP contribution in [0.3, 0.4) is 0 Å². The maximum Gasteiger partial charge on any atom is 0.230 e. The monoisotopic (exact) mass is 372 g/mol. The Labute approximate surface area is 155 Å². The third-order valence-electron chi connectivity index (χ3n) is 3.67. The van der Waals surface area contributed by atoms with Crippen LogP contribution in [0.2, 0.25) is 0 Å². The molecule has 0 saturated carbocycles. The zero-order chi connectivity index (χ0) is 17.5. The Bertz CT molecular complexity index is 787. The van der Waals surface area contributed by atoms with Crippen molar-refractivity contribution in [3.8, 4) is 10.7 Å². The number of rotatable bonds is 8. The number of carbonyl (C=O) groups is 1. The average molecular weight is 373 g/mol. The molecule has 5 nitrogen and oxygen atoms in total. The number of nitrogens with one attached hydrogen (secondary N) is 2. The topological polar surface area (TPSA) is 70.7 Å². The Morgan fingerprint density at radius 2 is 2.12 bits per heavy atom.